The van der Waals surface area contributed by atoms with E-state index in [1.54, 1.807) is 18.7 Å². The van der Waals surface area contributed by atoms with Crippen molar-refractivity contribution in [3.8, 4) is 22.6 Å². The third-order valence-corrected chi connectivity index (χ3v) is 13.2. The van der Waals surface area contributed by atoms with E-state index >= 15 is 0 Å². The lowest BCUT2D eigenvalue weighted by Crippen LogP contribution is -2.42. The summed E-state index contributed by atoms with van der Waals surface area (Å²) in [5.74, 6) is 4.74. The van der Waals surface area contributed by atoms with E-state index in [1.165, 1.54) is 113 Å². The number of aromatic nitrogens is 6. The maximum absolute atomic E-state index is 5.56. The molecule has 4 unspecified atom stereocenters. The van der Waals surface area contributed by atoms with Gasteiger partial charge in [-0.2, -0.15) is 0 Å². The van der Waals surface area contributed by atoms with Gasteiger partial charge in [0.25, 0.3) is 0 Å². The average Bonchev–Trinajstić information content (AvgIpc) is 3.76. The molecule has 4 fully saturated rings. The molecule has 6 aliphatic heterocycles. The summed E-state index contributed by atoms with van der Waals surface area (Å²) < 4.78 is 10.7. The van der Waals surface area contributed by atoms with Crippen LogP contribution in [0.4, 0.5) is 0 Å². The van der Waals surface area contributed by atoms with Gasteiger partial charge in [-0.05, 0) is 93.8 Å². The zero-order chi connectivity index (χ0) is 33.5. The number of rotatable bonds is 4. The van der Waals surface area contributed by atoms with E-state index in [0.29, 0.717) is 23.9 Å². The van der Waals surface area contributed by atoms with E-state index < -0.39 is 0 Å². The Morgan fingerprint density at radius 1 is 0.588 bits per heavy atom. The van der Waals surface area contributed by atoms with Crippen LogP contribution in [0.5, 0.6) is 0 Å². The van der Waals surface area contributed by atoms with Crippen molar-refractivity contribution < 1.29 is 4.42 Å². The average molecular weight is 679 g/mol. The van der Waals surface area contributed by atoms with Crippen LogP contribution in [0.3, 0.4) is 0 Å². The van der Waals surface area contributed by atoms with Crippen molar-refractivity contribution in [1.82, 2.24) is 38.9 Å². The highest BCUT2D eigenvalue weighted by molar-refractivity contribution is 5.83. The second-order valence-electron chi connectivity index (χ2n) is 16.1. The van der Waals surface area contributed by atoms with Crippen LogP contribution in [0.25, 0.3) is 44.6 Å². The molecule has 9 nitrogen and oxygen atoms in total. The second kappa shape index (κ2) is 12.1. The molecule has 4 bridgehead atoms. The largest absolute Gasteiger partial charge is 0.464 e. The summed E-state index contributed by atoms with van der Waals surface area (Å²) in [6.45, 7) is 4.81. The fourth-order valence-corrected chi connectivity index (χ4v) is 10.1. The number of benzene rings is 2. The van der Waals surface area contributed by atoms with Crippen LogP contribution < -0.4 is 0 Å². The van der Waals surface area contributed by atoms with Crippen molar-refractivity contribution in [3.63, 3.8) is 0 Å². The SMILES string of the molecule is c1cnc(-c2ccc3c(c2)nc2n3C3CCC2CN(C2CCC2)C3)cn1.c1coc(-c2ccc3c(c2)nc2n3C3CCC2CN(C2CCC2)C3)c1. The molecule has 0 N–H and O–H groups in total. The van der Waals surface area contributed by atoms with Crippen molar-refractivity contribution in [2.24, 2.45) is 0 Å². The van der Waals surface area contributed by atoms with E-state index in [9.17, 15) is 0 Å². The molecule has 4 aromatic heterocycles. The van der Waals surface area contributed by atoms with Gasteiger partial charge in [0.05, 0.1) is 40.2 Å². The molecule has 260 valence electrons. The number of nitrogens with zero attached hydrogens (tertiary/aromatic N) is 8. The minimum Gasteiger partial charge on any atom is -0.464 e. The van der Waals surface area contributed by atoms with Gasteiger partial charge in [0.1, 0.15) is 17.4 Å². The highest BCUT2D eigenvalue weighted by Crippen LogP contribution is 2.44. The Kier molecular flexibility index (Phi) is 7.20. The first kappa shape index (κ1) is 30.3. The monoisotopic (exact) mass is 678 g/mol. The highest BCUT2D eigenvalue weighted by Gasteiger charge is 2.41. The normalized spacial score (nSPS) is 26.2. The molecule has 0 spiro atoms. The number of fused-ring (bicyclic) bond motifs is 8. The summed E-state index contributed by atoms with van der Waals surface area (Å²) in [7, 11) is 0. The first-order chi connectivity index (χ1) is 25.2. The van der Waals surface area contributed by atoms with Crippen LogP contribution >= 0.6 is 0 Å². The summed E-state index contributed by atoms with van der Waals surface area (Å²) in [4.78, 5) is 24.4. The molecule has 2 saturated carbocycles. The molecule has 14 rings (SSSR count). The molecule has 51 heavy (non-hydrogen) atoms. The van der Waals surface area contributed by atoms with Crippen LogP contribution in [0.2, 0.25) is 0 Å². The van der Waals surface area contributed by atoms with Crippen LogP contribution in [0.15, 0.2) is 77.8 Å². The first-order valence-corrected chi connectivity index (χ1v) is 19.6. The zero-order valence-electron chi connectivity index (χ0n) is 29.3. The third-order valence-electron chi connectivity index (χ3n) is 13.2. The Bertz CT molecular complexity index is 2200. The molecule has 4 atom stereocenters. The quantitative estimate of drug-likeness (QED) is 0.185. The number of hydrogen-bond donors (Lipinski definition) is 0. The Hall–Kier alpha value is -4.34. The summed E-state index contributed by atoms with van der Waals surface area (Å²) >= 11 is 0. The Labute approximate surface area is 298 Å². The Morgan fingerprint density at radius 2 is 1.20 bits per heavy atom. The Morgan fingerprint density at radius 3 is 1.73 bits per heavy atom. The van der Waals surface area contributed by atoms with Crippen molar-refractivity contribution in [2.45, 2.75) is 100 Å². The van der Waals surface area contributed by atoms with Crippen molar-refractivity contribution in [1.29, 1.82) is 0 Å². The van der Waals surface area contributed by atoms with Gasteiger partial charge in [0, 0.05) is 85.7 Å². The lowest BCUT2D eigenvalue weighted by atomic mass is 9.91. The van der Waals surface area contributed by atoms with Gasteiger partial charge in [-0.15, -0.1) is 0 Å². The van der Waals surface area contributed by atoms with Gasteiger partial charge in [0.2, 0.25) is 0 Å². The summed E-state index contributed by atoms with van der Waals surface area (Å²) in [5.41, 5.74) is 7.96. The molecule has 10 heterocycles. The summed E-state index contributed by atoms with van der Waals surface area (Å²) in [5, 5.41) is 0. The smallest absolute Gasteiger partial charge is 0.133 e. The lowest BCUT2D eigenvalue weighted by molar-refractivity contribution is 0.121. The zero-order valence-corrected chi connectivity index (χ0v) is 29.3. The van der Waals surface area contributed by atoms with Crippen LogP contribution in [0.1, 0.15) is 99.8 Å². The number of imidazole rings is 2. The molecule has 0 amide bonds. The van der Waals surface area contributed by atoms with E-state index in [0.717, 1.165) is 45.7 Å². The molecule has 8 aliphatic rings. The minimum absolute atomic E-state index is 0.580. The van der Waals surface area contributed by atoms with Crippen molar-refractivity contribution in [3.05, 3.63) is 85.0 Å². The predicted octanol–water partition coefficient (Wildman–Crippen LogP) is 8.36. The van der Waals surface area contributed by atoms with Crippen LogP contribution in [-0.2, 0) is 0 Å². The number of furan rings is 1. The minimum atomic E-state index is 0.580. The van der Waals surface area contributed by atoms with Gasteiger partial charge < -0.3 is 13.6 Å². The topological polar surface area (TPSA) is 81.0 Å². The lowest BCUT2D eigenvalue weighted by Gasteiger charge is -2.37. The third kappa shape index (κ3) is 5.10. The van der Waals surface area contributed by atoms with E-state index in [2.05, 4.69) is 65.3 Å². The van der Waals surface area contributed by atoms with Gasteiger partial charge in [-0.3, -0.25) is 19.8 Å². The first-order valence-electron chi connectivity index (χ1n) is 19.6. The molecule has 0 radical (unpaired) electrons. The summed E-state index contributed by atoms with van der Waals surface area (Å²) in [6.07, 6.45) is 20.6. The molecule has 2 aliphatic carbocycles. The van der Waals surface area contributed by atoms with Crippen LogP contribution in [0, 0.1) is 0 Å². The van der Waals surface area contributed by atoms with E-state index in [1.807, 2.05) is 18.3 Å². The van der Waals surface area contributed by atoms with Gasteiger partial charge in [-0.1, -0.05) is 18.9 Å². The number of hydrogen-bond acceptors (Lipinski definition) is 7. The predicted molar refractivity (Wildman–Crippen MR) is 199 cm³/mol. The van der Waals surface area contributed by atoms with Crippen molar-refractivity contribution >= 4 is 22.1 Å². The highest BCUT2D eigenvalue weighted by atomic mass is 16.3. The van der Waals surface area contributed by atoms with Crippen molar-refractivity contribution in [2.75, 3.05) is 26.2 Å². The molecule has 6 aromatic rings. The molecular formula is C42H46N8O. The Balaban J connectivity index is 0.000000122. The fraction of sp³-hybridized carbons (Fsp3) is 0.476. The molecular weight excluding hydrogens is 633 g/mol. The fourth-order valence-electron chi connectivity index (χ4n) is 10.1. The van der Waals surface area contributed by atoms with Gasteiger partial charge >= 0.3 is 0 Å². The maximum Gasteiger partial charge on any atom is 0.133 e. The van der Waals surface area contributed by atoms with E-state index in [-0.39, 0.29) is 0 Å². The molecule has 9 heteroatoms. The van der Waals surface area contributed by atoms with Crippen LogP contribution in [-0.4, -0.2) is 77.1 Å². The maximum atomic E-state index is 5.56. The van der Waals surface area contributed by atoms with Gasteiger partial charge in [-0.25, -0.2) is 9.97 Å². The standard InChI is InChI=1S/C21H23N5.C21H23N3O/c1-2-16(3-1)25-12-15-4-6-17(13-25)26-20-7-5-14(10-18(20)24-21(15)26)19-11-22-8-9-23-19;1-3-16(4-1)23-12-15-6-8-17(13-23)24-19-9-7-14(20-5-2-10-25-20)11-18(19)22-21(15)24/h5,7-11,15-17H,1-4,6,12-13H2;2,5,7,9-11,15-17H,1,3-4,6,8,12-13H2. The van der Waals surface area contributed by atoms with Gasteiger partial charge in [0.15, 0.2) is 0 Å². The summed E-state index contributed by atoms with van der Waals surface area (Å²) in [6, 6.07) is 20.0. The second-order valence-corrected chi connectivity index (χ2v) is 16.1. The molecule has 2 saturated heterocycles. The van der Waals surface area contributed by atoms with E-state index in [4.69, 9.17) is 14.4 Å². The molecule has 2 aromatic carbocycles.